The van der Waals surface area contributed by atoms with Gasteiger partial charge >= 0.3 is 0 Å². The fourth-order valence-electron chi connectivity index (χ4n) is 1.30. The van der Waals surface area contributed by atoms with Gasteiger partial charge in [0.2, 0.25) is 0 Å². The van der Waals surface area contributed by atoms with E-state index in [9.17, 15) is 5.11 Å². The highest BCUT2D eigenvalue weighted by Crippen LogP contribution is 2.29. The third kappa shape index (κ3) is 1.64. The molecule has 0 unspecified atom stereocenters. The van der Waals surface area contributed by atoms with Crippen LogP contribution in [0, 0.1) is 0 Å². The van der Waals surface area contributed by atoms with Crippen LogP contribution in [0.15, 0.2) is 30.5 Å². The molecule has 2 aromatic rings. The number of benzene rings is 1. The lowest BCUT2D eigenvalue weighted by Crippen LogP contribution is -1.99. The van der Waals surface area contributed by atoms with Crippen molar-refractivity contribution in [1.29, 1.82) is 0 Å². The van der Waals surface area contributed by atoms with E-state index in [0.717, 1.165) is 0 Å². The van der Waals surface area contributed by atoms with Crippen LogP contribution in [-0.2, 0) is 0 Å². The molecule has 2 rings (SSSR count). The van der Waals surface area contributed by atoms with Gasteiger partial charge in [0.1, 0.15) is 11.4 Å². The highest BCUT2D eigenvalue weighted by Gasteiger charge is 2.11. The van der Waals surface area contributed by atoms with Crippen molar-refractivity contribution in [1.82, 2.24) is 9.78 Å². The zero-order valence-electron chi connectivity index (χ0n) is 8.01. The Morgan fingerprint density at radius 2 is 2.13 bits per heavy atom. The van der Waals surface area contributed by atoms with Crippen LogP contribution in [0.3, 0.4) is 0 Å². The van der Waals surface area contributed by atoms with Gasteiger partial charge < -0.3 is 9.84 Å². The summed E-state index contributed by atoms with van der Waals surface area (Å²) in [6, 6.07) is 7.29. The molecule has 0 radical (unpaired) electrons. The Morgan fingerprint density at radius 1 is 1.40 bits per heavy atom. The number of ether oxygens (including phenoxy) is 1. The van der Waals surface area contributed by atoms with Crippen molar-refractivity contribution in [2.24, 2.45) is 0 Å². The van der Waals surface area contributed by atoms with Crippen molar-refractivity contribution >= 4 is 11.6 Å². The zero-order chi connectivity index (χ0) is 10.8. The van der Waals surface area contributed by atoms with Gasteiger partial charge in [-0.2, -0.15) is 5.10 Å². The smallest absolute Gasteiger partial charge is 0.174 e. The summed E-state index contributed by atoms with van der Waals surface area (Å²) in [5.41, 5.74) is 0.685. The number of methoxy groups -OCH3 is 1. The van der Waals surface area contributed by atoms with Gasteiger partial charge in [-0.3, -0.25) is 0 Å². The lowest BCUT2D eigenvalue weighted by molar-refractivity contribution is 0.411. The van der Waals surface area contributed by atoms with Crippen LogP contribution in [0.5, 0.6) is 11.5 Å². The zero-order valence-corrected chi connectivity index (χ0v) is 8.77. The van der Waals surface area contributed by atoms with Gasteiger partial charge in [-0.1, -0.05) is 23.7 Å². The van der Waals surface area contributed by atoms with E-state index in [-0.39, 0.29) is 10.9 Å². The molecule has 5 heteroatoms. The van der Waals surface area contributed by atoms with Crippen molar-refractivity contribution < 1.29 is 9.84 Å². The Bertz CT molecular complexity index is 482. The Kier molecular flexibility index (Phi) is 2.51. The van der Waals surface area contributed by atoms with Crippen LogP contribution in [0.25, 0.3) is 5.69 Å². The van der Waals surface area contributed by atoms with Crippen LogP contribution in [0.2, 0.25) is 5.15 Å². The van der Waals surface area contributed by atoms with Crippen LogP contribution < -0.4 is 4.74 Å². The lowest BCUT2D eigenvalue weighted by Gasteiger charge is -2.08. The van der Waals surface area contributed by atoms with E-state index in [1.54, 1.807) is 19.2 Å². The minimum atomic E-state index is -0.0532. The molecule has 0 amide bonds. The molecule has 78 valence electrons. The quantitative estimate of drug-likeness (QED) is 0.851. The molecule has 15 heavy (non-hydrogen) atoms. The second-order valence-corrected chi connectivity index (χ2v) is 3.26. The topological polar surface area (TPSA) is 47.3 Å². The van der Waals surface area contributed by atoms with Crippen LogP contribution in [-0.4, -0.2) is 22.0 Å². The first kappa shape index (κ1) is 9.86. The average Bonchev–Trinajstić information content (AvgIpc) is 2.60. The van der Waals surface area contributed by atoms with Gasteiger partial charge in [-0.05, 0) is 12.1 Å². The van der Waals surface area contributed by atoms with E-state index in [1.807, 2.05) is 12.1 Å². The molecular weight excluding hydrogens is 216 g/mol. The standard InChI is InChI=1S/C10H9ClN2O2/c1-15-9-5-3-2-4-7(9)13-10(11)8(14)6-12-13/h2-6,14H,1H3. The molecule has 1 heterocycles. The molecule has 1 N–H and O–H groups in total. The molecule has 4 nitrogen and oxygen atoms in total. The summed E-state index contributed by atoms with van der Waals surface area (Å²) in [4.78, 5) is 0. The summed E-state index contributed by atoms with van der Waals surface area (Å²) in [5.74, 6) is 0.588. The van der Waals surface area contributed by atoms with Gasteiger partial charge in [0.15, 0.2) is 10.9 Å². The van der Waals surface area contributed by atoms with E-state index in [4.69, 9.17) is 16.3 Å². The monoisotopic (exact) mass is 224 g/mol. The first-order valence-electron chi connectivity index (χ1n) is 4.30. The third-order valence-electron chi connectivity index (χ3n) is 2.01. The van der Waals surface area contributed by atoms with E-state index < -0.39 is 0 Å². The SMILES string of the molecule is COc1ccccc1-n1ncc(O)c1Cl. The maximum atomic E-state index is 9.31. The summed E-state index contributed by atoms with van der Waals surface area (Å²) in [5, 5.41) is 13.4. The molecule has 1 aromatic heterocycles. The molecular formula is C10H9ClN2O2. The summed E-state index contributed by atoms with van der Waals surface area (Å²) in [7, 11) is 1.57. The number of halogens is 1. The number of aromatic hydroxyl groups is 1. The maximum absolute atomic E-state index is 9.31. The second-order valence-electron chi connectivity index (χ2n) is 2.90. The summed E-state index contributed by atoms with van der Waals surface area (Å²) >= 11 is 5.87. The van der Waals surface area contributed by atoms with Gasteiger partial charge in [0, 0.05) is 0 Å². The third-order valence-corrected chi connectivity index (χ3v) is 2.36. The van der Waals surface area contributed by atoms with Crippen LogP contribution in [0.4, 0.5) is 0 Å². The van der Waals surface area contributed by atoms with E-state index >= 15 is 0 Å². The molecule has 0 spiro atoms. The molecule has 1 aromatic carbocycles. The predicted molar refractivity (Wildman–Crippen MR) is 56.8 cm³/mol. The number of hydrogen-bond donors (Lipinski definition) is 1. The molecule has 0 aliphatic heterocycles. The van der Waals surface area contributed by atoms with Crippen molar-refractivity contribution in [3.8, 4) is 17.2 Å². The van der Waals surface area contributed by atoms with Crippen LogP contribution in [0.1, 0.15) is 0 Å². The highest BCUT2D eigenvalue weighted by atomic mass is 35.5. The van der Waals surface area contributed by atoms with E-state index in [1.165, 1.54) is 10.9 Å². The molecule has 0 aliphatic carbocycles. The maximum Gasteiger partial charge on any atom is 0.174 e. The Morgan fingerprint density at radius 3 is 2.73 bits per heavy atom. The van der Waals surface area contributed by atoms with Crippen molar-refractivity contribution in [3.05, 3.63) is 35.6 Å². The lowest BCUT2D eigenvalue weighted by atomic mass is 10.3. The molecule has 0 bridgehead atoms. The normalized spacial score (nSPS) is 10.3. The Balaban J connectivity index is 2.58. The number of nitrogens with zero attached hydrogens (tertiary/aromatic N) is 2. The molecule has 0 atom stereocenters. The van der Waals surface area contributed by atoms with Crippen molar-refractivity contribution in [2.45, 2.75) is 0 Å². The predicted octanol–water partition coefficient (Wildman–Crippen LogP) is 2.24. The second kappa shape index (κ2) is 3.82. The minimum Gasteiger partial charge on any atom is -0.504 e. The van der Waals surface area contributed by atoms with Crippen molar-refractivity contribution in [3.63, 3.8) is 0 Å². The molecule has 0 fully saturated rings. The summed E-state index contributed by atoms with van der Waals surface area (Å²) in [6.45, 7) is 0. The molecule has 0 saturated carbocycles. The number of para-hydroxylation sites is 2. The largest absolute Gasteiger partial charge is 0.504 e. The van der Waals surface area contributed by atoms with Gasteiger partial charge in [0.05, 0.1) is 13.3 Å². The molecule has 0 saturated heterocycles. The summed E-state index contributed by atoms with van der Waals surface area (Å²) < 4.78 is 6.58. The fraction of sp³-hybridized carbons (Fsp3) is 0.100. The first-order chi connectivity index (χ1) is 7.24. The van der Waals surface area contributed by atoms with Crippen LogP contribution >= 0.6 is 11.6 Å². The summed E-state index contributed by atoms with van der Waals surface area (Å²) in [6.07, 6.45) is 1.29. The number of aromatic nitrogens is 2. The van der Waals surface area contributed by atoms with E-state index in [2.05, 4.69) is 5.10 Å². The number of hydrogen-bond acceptors (Lipinski definition) is 3. The van der Waals surface area contributed by atoms with Gasteiger partial charge in [-0.15, -0.1) is 0 Å². The first-order valence-corrected chi connectivity index (χ1v) is 4.67. The Labute approximate surface area is 91.7 Å². The Hall–Kier alpha value is -1.68. The van der Waals surface area contributed by atoms with Gasteiger partial charge in [-0.25, -0.2) is 4.68 Å². The minimum absolute atomic E-state index is 0.0532. The van der Waals surface area contributed by atoms with Crippen molar-refractivity contribution in [2.75, 3.05) is 7.11 Å². The van der Waals surface area contributed by atoms with Gasteiger partial charge in [0.25, 0.3) is 0 Å². The molecule has 0 aliphatic rings. The number of rotatable bonds is 2. The average molecular weight is 225 g/mol. The highest BCUT2D eigenvalue weighted by molar-refractivity contribution is 6.31. The van der Waals surface area contributed by atoms with E-state index in [0.29, 0.717) is 11.4 Å². The fourth-order valence-corrected chi connectivity index (χ4v) is 1.48.